The van der Waals surface area contributed by atoms with E-state index in [-0.39, 0.29) is 18.1 Å². The lowest BCUT2D eigenvalue weighted by molar-refractivity contribution is 0.0516. The van der Waals surface area contributed by atoms with E-state index < -0.39 is 5.97 Å². The topological polar surface area (TPSA) is 72.3 Å². The van der Waals surface area contributed by atoms with Crippen LogP contribution in [-0.2, 0) is 4.74 Å². The van der Waals surface area contributed by atoms with Crippen LogP contribution in [0.5, 0.6) is 5.75 Å². The fraction of sp³-hybridized carbons (Fsp3) is 0.182. The molecule has 1 N–H and O–H groups in total. The third-order valence-electron chi connectivity index (χ3n) is 2.18. The third kappa shape index (κ3) is 2.14. The number of carbonyl (C=O) groups excluding carboxylic acids is 1. The van der Waals surface area contributed by atoms with Crippen LogP contribution in [0.1, 0.15) is 17.4 Å². The number of pyridine rings is 2. The van der Waals surface area contributed by atoms with Crippen LogP contribution in [0.4, 0.5) is 0 Å². The van der Waals surface area contributed by atoms with E-state index in [1.54, 1.807) is 13.0 Å². The Kier molecular flexibility index (Phi) is 3.10. The van der Waals surface area contributed by atoms with E-state index in [9.17, 15) is 9.90 Å². The molecule has 0 aliphatic heterocycles. The van der Waals surface area contributed by atoms with Crippen LogP contribution in [0.25, 0.3) is 10.8 Å². The summed E-state index contributed by atoms with van der Waals surface area (Å²) in [5.41, 5.74) is -0.122. The Hall–Kier alpha value is -1.88. The zero-order valence-electron chi connectivity index (χ0n) is 8.98. The van der Waals surface area contributed by atoms with Gasteiger partial charge in [-0.25, -0.2) is 14.8 Å². The fourth-order valence-electron chi connectivity index (χ4n) is 1.42. The van der Waals surface area contributed by atoms with Crippen molar-refractivity contribution in [3.8, 4) is 5.75 Å². The maximum Gasteiger partial charge on any atom is 0.360 e. The van der Waals surface area contributed by atoms with Gasteiger partial charge in [0, 0.05) is 23.2 Å². The maximum absolute atomic E-state index is 11.5. The van der Waals surface area contributed by atoms with E-state index in [1.807, 2.05) is 0 Å². The molecule has 0 atom stereocenters. The summed E-state index contributed by atoms with van der Waals surface area (Å²) in [4.78, 5) is 19.2. The normalized spacial score (nSPS) is 10.5. The van der Waals surface area contributed by atoms with Gasteiger partial charge >= 0.3 is 5.97 Å². The molecule has 6 heteroatoms. The molecule has 0 aliphatic carbocycles. The van der Waals surface area contributed by atoms with Crippen molar-refractivity contribution in [2.45, 2.75) is 6.92 Å². The number of aromatic hydroxyl groups is 1. The summed E-state index contributed by atoms with van der Waals surface area (Å²) in [5, 5.41) is 11.2. The molecule has 2 aromatic rings. The number of hydrogen-bond donors (Lipinski definition) is 1. The number of ether oxygens (including phenoxy) is 1. The summed E-state index contributed by atoms with van der Waals surface area (Å²) in [7, 11) is 0. The van der Waals surface area contributed by atoms with Crippen LogP contribution in [0.3, 0.4) is 0 Å². The fourth-order valence-corrected chi connectivity index (χ4v) is 1.59. The van der Waals surface area contributed by atoms with Crippen LogP contribution in [0.2, 0.25) is 5.15 Å². The second kappa shape index (κ2) is 4.55. The molecule has 0 fully saturated rings. The Morgan fingerprint density at radius 1 is 1.47 bits per heavy atom. The van der Waals surface area contributed by atoms with Crippen molar-refractivity contribution in [2.24, 2.45) is 0 Å². The van der Waals surface area contributed by atoms with E-state index >= 15 is 0 Å². The summed E-state index contributed by atoms with van der Waals surface area (Å²) in [6.45, 7) is 1.90. The van der Waals surface area contributed by atoms with Gasteiger partial charge in [0.15, 0.2) is 11.4 Å². The van der Waals surface area contributed by atoms with E-state index in [0.717, 1.165) is 0 Å². The Morgan fingerprint density at radius 2 is 2.24 bits per heavy atom. The van der Waals surface area contributed by atoms with Crippen molar-refractivity contribution in [1.29, 1.82) is 0 Å². The number of halogens is 1. The first kappa shape index (κ1) is 11.6. The van der Waals surface area contributed by atoms with Gasteiger partial charge in [0.25, 0.3) is 0 Å². The summed E-state index contributed by atoms with van der Waals surface area (Å²) in [6, 6.07) is 1.55. The molecule has 0 saturated carbocycles. The minimum atomic E-state index is -0.665. The lowest BCUT2D eigenvalue weighted by Crippen LogP contribution is -2.07. The summed E-state index contributed by atoms with van der Waals surface area (Å²) in [5.74, 6) is -0.910. The molecule has 0 saturated heterocycles. The van der Waals surface area contributed by atoms with Gasteiger partial charge in [0.2, 0.25) is 0 Å². The summed E-state index contributed by atoms with van der Waals surface area (Å²) in [6.07, 6.45) is 2.83. The van der Waals surface area contributed by atoms with Gasteiger partial charge in [-0.2, -0.15) is 0 Å². The Labute approximate surface area is 102 Å². The van der Waals surface area contributed by atoms with Crippen LogP contribution in [-0.4, -0.2) is 27.7 Å². The summed E-state index contributed by atoms with van der Waals surface area (Å²) < 4.78 is 4.77. The van der Waals surface area contributed by atoms with Gasteiger partial charge in [-0.3, -0.25) is 0 Å². The van der Waals surface area contributed by atoms with Gasteiger partial charge in [0.05, 0.1) is 6.61 Å². The molecule has 2 heterocycles. The molecule has 0 aromatic carbocycles. The Bertz CT molecular complexity index is 586. The molecular formula is C11H9ClN2O3. The highest BCUT2D eigenvalue weighted by Crippen LogP contribution is 2.27. The quantitative estimate of drug-likeness (QED) is 0.655. The van der Waals surface area contributed by atoms with Crippen molar-refractivity contribution < 1.29 is 14.6 Å². The van der Waals surface area contributed by atoms with Crippen molar-refractivity contribution in [1.82, 2.24) is 9.97 Å². The van der Waals surface area contributed by atoms with Gasteiger partial charge < -0.3 is 9.84 Å². The number of carbonyl (C=O) groups is 1. The molecule has 88 valence electrons. The Morgan fingerprint density at radius 3 is 2.94 bits per heavy atom. The van der Waals surface area contributed by atoms with Crippen molar-refractivity contribution in [3.63, 3.8) is 0 Å². The molecule has 0 amide bonds. The van der Waals surface area contributed by atoms with Crippen LogP contribution >= 0.6 is 11.6 Å². The first-order valence-corrected chi connectivity index (χ1v) is 5.31. The first-order valence-electron chi connectivity index (χ1n) is 4.93. The third-order valence-corrected chi connectivity index (χ3v) is 2.39. The number of aromatic nitrogens is 2. The maximum atomic E-state index is 11.5. The van der Waals surface area contributed by atoms with Crippen LogP contribution < -0.4 is 0 Å². The second-order valence-electron chi connectivity index (χ2n) is 3.27. The average molecular weight is 253 g/mol. The van der Waals surface area contributed by atoms with E-state index in [2.05, 4.69) is 9.97 Å². The predicted octanol–water partition coefficient (Wildman–Crippen LogP) is 2.17. The summed E-state index contributed by atoms with van der Waals surface area (Å²) >= 11 is 5.71. The zero-order chi connectivity index (χ0) is 12.4. The largest absolute Gasteiger partial charge is 0.505 e. The highest BCUT2D eigenvalue weighted by molar-refractivity contribution is 6.30. The molecule has 0 aliphatic rings. The average Bonchev–Trinajstić information content (AvgIpc) is 2.29. The Balaban J connectivity index is 2.58. The van der Waals surface area contributed by atoms with Gasteiger partial charge in [-0.1, -0.05) is 11.6 Å². The zero-order valence-corrected chi connectivity index (χ0v) is 9.73. The molecule has 0 radical (unpaired) electrons. The first-order chi connectivity index (χ1) is 8.13. The van der Waals surface area contributed by atoms with Crippen molar-refractivity contribution in [3.05, 3.63) is 29.3 Å². The number of fused-ring (bicyclic) bond motifs is 1. The molecule has 5 nitrogen and oxygen atoms in total. The van der Waals surface area contributed by atoms with Crippen molar-refractivity contribution in [2.75, 3.05) is 6.61 Å². The highest BCUT2D eigenvalue weighted by Gasteiger charge is 2.16. The lowest BCUT2D eigenvalue weighted by atomic mass is 10.2. The number of esters is 1. The standard InChI is InChI=1S/C11H9ClN2O3/c1-2-17-11(16)9-10(15)7-5-13-8(12)3-6(7)4-14-9/h3-5,15H,2H2,1H3. The van der Waals surface area contributed by atoms with Crippen LogP contribution in [0.15, 0.2) is 18.5 Å². The molecule has 0 unspecified atom stereocenters. The van der Waals surface area contributed by atoms with Crippen LogP contribution in [0, 0.1) is 0 Å². The van der Waals surface area contributed by atoms with Gasteiger partial charge in [0.1, 0.15) is 5.15 Å². The minimum Gasteiger partial charge on any atom is -0.505 e. The highest BCUT2D eigenvalue weighted by atomic mass is 35.5. The lowest BCUT2D eigenvalue weighted by Gasteiger charge is -2.06. The van der Waals surface area contributed by atoms with E-state index in [1.165, 1.54) is 12.4 Å². The monoisotopic (exact) mass is 252 g/mol. The number of hydrogen-bond acceptors (Lipinski definition) is 5. The molecule has 0 spiro atoms. The van der Waals surface area contributed by atoms with E-state index in [0.29, 0.717) is 15.9 Å². The number of nitrogens with zero attached hydrogens (tertiary/aromatic N) is 2. The molecule has 17 heavy (non-hydrogen) atoms. The van der Waals surface area contributed by atoms with Crippen molar-refractivity contribution >= 4 is 28.3 Å². The minimum absolute atomic E-state index is 0.122. The smallest absolute Gasteiger partial charge is 0.360 e. The molecular weight excluding hydrogens is 244 g/mol. The van der Waals surface area contributed by atoms with E-state index in [4.69, 9.17) is 16.3 Å². The molecule has 2 aromatic heterocycles. The number of rotatable bonds is 2. The molecule has 0 bridgehead atoms. The van der Waals surface area contributed by atoms with Gasteiger partial charge in [-0.15, -0.1) is 0 Å². The predicted molar refractivity (Wildman–Crippen MR) is 62.2 cm³/mol. The van der Waals surface area contributed by atoms with Gasteiger partial charge in [-0.05, 0) is 13.0 Å². The molecule has 2 rings (SSSR count). The SMILES string of the molecule is CCOC(=O)c1ncc2cc(Cl)ncc2c1O. The second-order valence-corrected chi connectivity index (χ2v) is 3.66.